The van der Waals surface area contributed by atoms with Gasteiger partial charge in [0.1, 0.15) is 0 Å². The molecule has 2 aliphatic rings. The van der Waals surface area contributed by atoms with Crippen molar-refractivity contribution in [3.05, 3.63) is 42.5 Å². The van der Waals surface area contributed by atoms with Crippen LogP contribution in [0.2, 0.25) is 0 Å². The van der Waals surface area contributed by atoms with Crippen LogP contribution in [0, 0.1) is 5.41 Å². The number of carbonyl (C=O) groups is 1. The van der Waals surface area contributed by atoms with E-state index in [1.165, 1.54) is 30.3 Å². The van der Waals surface area contributed by atoms with Gasteiger partial charge in [-0.1, -0.05) is 13.3 Å². The second kappa shape index (κ2) is 14.5. The van der Waals surface area contributed by atoms with Crippen LogP contribution in [0.15, 0.2) is 47.4 Å². The molecule has 3 atom stereocenters. The number of nitrogens with two attached hydrogens (primary N) is 4. The fraction of sp³-hybridized carbons (Fsp3) is 0.433. The highest BCUT2D eigenvalue weighted by Gasteiger charge is 2.28. The highest BCUT2D eigenvalue weighted by molar-refractivity contribution is 7.92. The number of carbonyl (C=O) groups excluding carboxylic acids is 1. The fourth-order valence-corrected chi connectivity index (χ4v) is 6.64. The number of nitrogen functional groups attached to an aromatic ring is 1. The van der Waals surface area contributed by atoms with Crippen LogP contribution in [0.3, 0.4) is 0 Å². The van der Waals surface area contributed by atoms with Crippen molar-refractivity contribution < 1.29 is 13.2 Å². The Bertz CT molecular complexity index is 1690. The Hall–Kier alpha value is -4.58. The van der Waals surface area contributed by atoms with Crippen molar-refractivity contribution in [2.75, 3.05) is 57.1 Å². The number of rotatable bonds is 11. The van der Waals surface area contributed by atoms with Gasteiger partial charge in [-0.15, -0.1) is 0 Å². The normalized spacial score (nSPS) is 20.2. The number of nitrogens with one attached hydrogen (secondary N) is 4. The van der Waals surface area contributed by atoms with E-state index >= 15 is 0 Å². The van der Waals surface area contributed by atoms with E-state index in [1.807, 2.05) is 16.7 Å². The van der Waals surface area contributed by atoms with E-state index in [0.29, 0.717) is 74.4 Å². The lowest BCUT2D eigenvalue weighted by atomic mass is 10.0. The molecule has 0 radical (unpaired) electrons. The van der Waals surface area contributed by atoms with Crippen molar-refractivity contribution in [3.63, 3.8) is 0 Å². The van der Waals surface area contributed by atoms with Gasteiger partial charge in [0.25, 0.3) is 10.0 Å². The van der Waals surface area contributed by atoms with Gasteiger partial charge < -0.3 is 48.8 Å². The molecule has 2 saturated heterocycles. The number of unbranched alkanes of at least 4 members (excludes halogenated alkanes) is 1. The Morgan fingerprint density at radius 2 is 1.57 bits per heavy atom. The van der Waals surface area contributed by atoms with Gasteiger partial charge in [-0.2, -0.15) is 15.0 Å². The Labute approximate surface area is 274 Å². The summed E-state index contributed by atoms with van der Waals surface area (Å²) in [6, 6.07) is 10.1. The molecule has 3 aromatic rings. The van der Waals surface area contributed by atoms with Gasteiger partial charge in [0.15, 0.2) is 0 Å². The summed E-state index contributed by atoms with van der Waals surface area (Å²) < 4.78 is 28.8. The van der Waals surface area contributed by atoms with Gasteiger partial charge >= 0.3 is 0 Å². The summed E-state index contributed by atoms with van der Waals surface area (Å²) in [5.74, 6) is 0.840. The zero-order chi connectivity index (χ0) is 33.7. The number of amides is 1. The van der Waals surface area contributed by atoms with E-state index in [9.17, 15) is 13.2 Å². The van der Waals surface area contributed by atoms with Gasteiger partial charge in [0, 0.05) is 67.7 Å². The van der Waals surface area contributed by atoms with E-state index in [1.54, 1.807) is 12.1 Å². The van der Waals surface area contributed by atoms with E-state index in [2.05, 4.69) is 25.3 Å². The Morgan fingerprint density at radius 1 is 0.936 bits per heavy atom. The average molecular weight is 666 g/mol. The van der Waals surface area contributed by atoms with Gasteiger partial charge in [-0.25, -0.2) is 8.42 Å². The smallest absolute Gasteiger partial charge is 0.261 e. The molecule has 1 aromatic heterocycles. The molecule has 0 bridgehead atoms. The van der Waals surface area contributed by atoms with Crippen molar-refractivity contribution in [2.24, 2.45) is 17.2 Å². The monoisotopic (exact) mass is 665 g/mol. The summed E-state index contributed by atoms with van der Waals surface area (Å²) in [6.07, 6.45) is 3.28. The van der Waals surface area contributed by atoms with Crippen LogP contribution in [0.4, 0.5) is 40.6 Å². The molecule has 1 amide bonds. The van der Waals surface area contributed by atoms with Crippen LogP contribution < -0.4 is 48.1 Å². The van der Waals surface area contributed by atoms with Gasteiger partial charge in [0.05, 0.1) is 22.8 Å². The largest absolute Gasteiger partial charge is 0.397 e. The first kappa shape index (κ1) is 33.8. The summed E-state index contributed by atoms with van der Waals surface area (Å²) in [7, 11) is -3.98. The molecule has 5 rings (SSSR count). The van der Waals surface area contributed by atoms with Crippen LogP contribution in [-0.4, -0.2) is 79.3 Å². The molecule has 252 valence electrons. The van der Waals surface area contributed by atoms with Crippen LogP contribution >= 0.6 is 0 Å². The number of nitrogens with zero attached hydrogens (tertiary/aromatic N) is 5. The molecule has 0 unspecified atom stereocenters. The van der Waals surface area contributed by atoms with E-state index < -0.39 is 10.0 Å². The lowest BCUT2D eigenvalue weighted by Gasteiger charge is -2.36. The van der Waals surface area contributed by atoms with Crippen molar-refractivity contribution in [1.82, 2.24) is 15.0 Å². The molecule has 0 aliphatic carbocycles. The predicted molar refractivity (Wildman–Crippen MR) is 185 cm³/mol. The average Bonchev–Trinajstić information content (AvgIpc) is 3.00. The molecule has 17 heteroatoms. The molecule has 2 aliphatic heterocycles. The Balaban J connectivity index is 1.33. The number of hydrogen-bond acceptors (Lipinski definition) is 14. The first-order valence-corrected chi connectivity index (χ1v) is 17.0. The number of aromatic nitrogens is 3. The van der Waals surface area contributed by atoms with Crippen molar-refractivity contribution in [3.8, 4) is 0 Å². The predicted octanol–water partition coefficient (Wildman–Crippen LogP) is 1.55. The SMILES string of the molecule is CCCCC(=O)Nc1ccc(S(=O)(=O)Nc2ccc(Nc3nc(N4CC(=N)C[C@@H](N)C4)nc(N4C[C@H](N)C[C@H](N)C4)n3)cc2N)cc1. The minimum atomic E-state index is -3.98. The van der Waals surface area contributed by atoms with Crippen LogP contribution in [0.1, 0.15) is 39.0 Å². The number of piperidine rings is 2. The summed E-state index contributed by atoms with van der Waals surface area (Å²) in [5.41, 5.74) is 26.8. The van der Waals surface area contributed by atoms with Crippen LogP contribution in [-0.2, 0) is 14.8 Å². The highest BCUT2D eigenvalue weighted by Crippen LogP contribution is 2.29. The zero-order valence-corrected chi connectivity index (χ0v) is 27.1. The minimum Gasteiger partial charge on any atom is -0.397 e. The topological polar surface area (TPSA) is 260 Å². The molecule has 2 fully saturated rings. The maximum absolute atomic E-state index is 13.1. The summed E-state index contributed by atoms with van der Waals surface area (Å²) in [4.78, 5) is 29.7. The first-order valence-electron chi connectivity index (χ1n) is 15.6. The summed E-state index contributed by atoms with van der Waals surface area (Å²) >= 11 is 0. The molecule has 12 N–H and O–H groups in total. The van der Waals surface area contributed by atoms with E-state index in [4.69, 9.17) is 33.3 Å². The van der Waals surface area contributed by atoms with Crippen molar-refractivity contribution in [1.29, 1.82) is 5.41 Å². The van der Waals surface area contributed by atoms with Crippen molar-refractivity contribution in [2.45, 2.75) is 62.0 Å². The summed E-state index contributed by atoms with van der Waals surface area (Å²) in [6.45, 7) is 3.85. The number of benzene rings is 2. The van der Waals surface area contributed by atoms with E-state index in [0.717, 1.165) is 12.8 Å². The second-order valence-electron chi connectivity index (χ2n) is 12.1. The second-order valence-corrected chi connectivity index (χ2v) is 13.8. The Kier molecular flexibility index (Phi) is 10.4. The van der Waals surface area contributed by atoms with Crippen molar-refractivity contribution >= 4 is 62.2 Å². The summed E-state index contributed by atoms with van der Waals surface area (Å²) in [5, 5.41) is 14.1. The maximum atomic E-state index is 13.1. The third-order valence-electron chi connectivity index (χ3n) is 7.80. The lowest BCUT2D eigenvalue weighted by molar-refractivity contribution is -0.116. The number of hydrogen-bond donors (Lipinski definition) is 8. The molecule has 47 heavy (non-hydrogen) atoms. The quantitative estimate of drug-likeness (QED) is 0.135. The zero-order valence-electron chi connectivity index (χ0n) is 26.3. The Morgan fingerprint density at radius 3 is 2.21 bits per heavy atom. The van der Waals surface area contributed by atoms with E-state index in [-0.39, 0.29) is 46.3 Å². The third-order valence-corrected chi connectivity index (χ3v) is 9.18. The fourth-order valence-electron chi connectivity index (χ4n) is 5.55. The number of anilines is 7. The molecule has 0 spiro atoms. The first-order chi connectivity index (χ1) is 22.4. The molecular formula is C30H43N13O3S. The molecule has 16 nitrogen and oxygen atoms in total. The number of sulfonamides is 1. The van der Waals surface area contributed by atoms with Gasteiger partial charge in [-0.05, 0) is 55.3 Å². The molecule has 3 heterocycles. The van der Waals surface area contributed by atoms with Crippen LogP contribution in [0.25, 0.3) is 0 Å². The molecule has 0 saturated carbocycles. The lowest BCUT2D eigenvalue weighted by Crippen LogP contribution is -2.53. The van der Waals surface area contributed by atoms with Crippen LogP contribution in [0.5, 0.6) is 0 Å². The third kappa shape index (κ3) is 8.82. The van der Waals surface area contributed by atoms with Gasteiger partial charge in [0.2, 0.25) is 23.8 Å². The molecule has 2 aromatic carbocycles. The van der Waals surface area contributed by atoms with Gasteiger partial charge in [-0.3, -0.25) is 9.52 Å². The minimum absolute atomic E-state index is 0.0126. The molecular weight excluding hydrogens is 622 g/mol. The highest BCUT2D eigenvalue weighted by atomic mass is 32.2. The maximum Gasteiger partial charge on any atom is 0.261 e. The standard InChI is InChI=1S/C30H43N13O3S/c1-2-3-4-27(44)36-22-5-8-24(9-6-22)47(45,46)41-26-10-7-23(13-25(26)35)37-28-38-29(42-14-18(31)11-19(32)15-42)40-30(39-28)43-16-20(33)12-21(34)17-43/h5-10,13,18-20,34,41H,2-4,11-12,14-17,31-33,35H2,1H3,(H,36,44)(H,37,38,39,40)/t18-,19+,20-/m1/s1.